The van der Waals surface area contributed by atoms with Gasteiger partial charge in [0.05, 0.1) is 10.6 Å². The van der Waals surface area contributed by atoms with Gasteiger partial charge in [-0.15, -0.1) is 0 Å². The zero-order valence-corrected chi connectivity index (χ0v) is 12.2. The molecule has 2 aliphatic rings. The Bertz CT molecular complexity index is 650. The van der Waals surface area contributed by atoms with Gasteiger partial charge in [-0.2, -0.15) is 13.2 Å². The fourth-order valence-electron chi connectivity index (χ4n) is 3.07. The van der Waals surface area contributed by atoms with E-state index in [0.29, 0.717) is 13.1 Å². The van der Waals surface area contributed by atoms with E-state index in [1.54, 1.807) is 11.0 Å². The third kappa shape index (κ3) is 2.52. The average Bonchev–Trinajstić information content (AvgIpc) is 3.16. The van der Waals surface area contributed by atoms with Gasteiger partial charge in [0.25, 0.3) is 9.84 Å². The Morgan fingerprint density at radius 1 is 1.10 bits per heavy atom. The highest BCUT2D eigenvalue weighted by Gasteiger charge is 2.50. The van der Waals surface area contributed by atoms with Crippen molar-refractivity contribution >= 4 is 15.5 Å². The highest BCUT2D eigenvalue weighted by atomic mass is 32.2. The molecular weight excluding hydrogens is 303 g/mol. The zero-order chi connectivity index (χ0) is 15.3. The molecule has 1 saturated carbocycles. The van der Waals surface area contributed by atoms with Gasteiger partial charge in [0.15, 0.2) is 0 Å². The van der Waals surface area contributed by atoms with Crippen LogP contribution in [0, 0.1) is 5.41 Å². The van der Waals surface area contributed by atoms with E-state index in [9.17, 15) is 21.6 Å². The number of hydrogen-bond acceptors (Lipinski definition) is 3. The molecule has 0 bridgehead atoms. The van der Waals surface area contributed by atoms with Crippen molar-refractivity contribution in [2.75, 3.05) is 18.0 Å². The maximum Gasteiger partial charge on any atom is 0.501 e. The molecule has 0 N–H and O–H groups in total. The summed E-state index contributed by atoms with van der Waals surface area (Å²) in [5, 5.41) is 0. The molecule has 1 saturated heterocycles. The first kappa shape index (κ1) is 14.7. The number of halogens is 3. The number of nitrogens with zero attached hydrogens (tertiary/aromatic N) is 1. The van der Waals surface area contributed by atoms with Crippen LogP contribution in [0.25, 0.3) is 0 Å². The van der Waals surface area contributed by atoms with Gasteiger partial charge in [0.2, 0.25) is 0 Å². The summed E-state index contributed by atoms with van der Waals surface area (Å²) in [4.78, 5) is 1.17. The van der Waals surface area contributed by atoms with Crippen LogP contribution in [-0.4, -0.2) is 27.0 Å². The fraction of sp³-hybridized carbons (Fsp3) is 0.571. The lowest BCUT2D eigenvalue weighted by Gasteiger charge is -2.35. The highest BCUT2D eigenvalue weighted by Crippen LogP contribution is 2.53. The third-order valence-electron chi connectivity index (χ3n) is 4.42. The SMILES string of the molecule is O=S(=O)(c1ccccc1N1CCCC2(CC2)C1)C(F)(F)F. The van der Waals surface area contributed by atoms with Crippen LogP contribution in [0.3, 0.4) is 0 Å². The average molecular weight is 319 g/mol. The second-order valence-electron chi connectivity index (χ2n) is 5.94. The van der Waals surface area contributed by atoms with Crippen LogP contribution in [0.2, 0.25) is 0 Å². The Balaban J connectivity index is 2.01. The number of rotatable bonds is 2. The molecule has 116 valence electrons. The molecule has 3 rings (SSSR count). The van der Waals surface area contributed by atoms with Crippen molar-refractivity contribution in [3.63, 3.8) is 0 Å². The molecule has 2 fully saturated rings. The second kappa shape index (κ2) is 4.63. The molecule has 7 heteroatoms. The largest absolute Gasteiger partial charge is 0.501 e. The van der Waals surface area contributed by atoms with Crippen LogP contribution in [0.15, 0.2) is 29.2 Å². The van der Waals surface area contributed by atoms with Crippen molar-refractivity contribution in [2.45, 2.75) is 36.1 Å². The topological polar surface area (TPSA) is 37.4 Å². The Hall–Kier alpha value is -1.24. The number of benzene rings is 1. The lowest BCUT2D eigenvalue weighted by Crippen LogP contribution is -2.37. The van der Waals surface area contributed by atoms with Crippen molar-refractivity contribution in [2.24, 2.45) is 5.41 Å². The molecule has 0 amide bonds. The minimum Gasteiger partial charge on any atom is -0.370 e. The van der Waals surface area contributed by atoms with Crippen LogP contribution < -0.4 is 4.90 Å². The van der Waals surface area contributed by atoms with Gasteiger partial charge in [-0.3, -0.25) is 0 Å². The van der Waals surface area contributed by atoms with Crippen molar-refractivity contribution in [3.05, 3.63) is 24.3 Å². The summed E-state index contributed by atoms with van der Waals surface area (Å²) >= 11 is 0. The molecule has 3 nitrogen and oxygen atoms in total. The lowest BCUT2D eigenvalue weighted by molar-refractivity contribution is -0.0435. The third-order valence-corrected chi connectivity index (χ3v) is 5.95. The first-order valence-corrected chi connectivity index (χ1v) is 8.39. The molecule has 1 aromatic carbocycles. The highest BCUT2D eigenvalue weighted by molar-refractivity contribution is 7.92. The maximum atomic E-state index is 12.8. The number of para-hydroxylation sites is 1. The van der Waals surface area contributed by atoms with Crippen molar-refractivity contribution in [3.8, 4) is 0 Å². The van der Waals surface area contributed by atoms with Crippen LogP contribution in [-0.2, 0) is 9.84 Å². The minimum atomic E-state index is -5.31. The molecule has 1 aromatic rings. The summed E-state index contributed by atoms with van der Waals surface area (Å²) in [7, 11) is -5.31. The van der Waals surface area contributed by atoms with Crippen molar-refractivity contribution in [1.29, 1.82) is 0 Å². The van der Waals surface area contributed by atoms with Gasteiger partial charge < -0.3 is 4.90 Å². The Labute approximate surface area is 121 Å². The van der Waals surface area contributed by atoms with Crippen LogP contribution >= 0.6 is 0 Å². The number of hydrogen-bond donors (Lipinski definition) is 0. The molecule has 0 unspecified atom stereocenters. The number of alkyl halides is 3. The Morgan fingerprint density at radius 3 is 2.38 bits per heavy atom. The summed E-state index contributed by atoms with van der Waals surface area (Å²) < 4.78 is 62.0. The lowest BCUT2D eigenvalue weighted by atomic mass is 9.95. The number of anilines is 1. The molecular formula is C14H16F3NO2S. The van der Waals surface area contributed by atoms with E-state index < -0.39 is 20.2 Å². The van der Waals surface area contributed by atoms with Gasteiger partial charge in [-0.05, 0) is 43.2 Å². The van der Waals surface area contributed by atoms with E-state index in [2.05, 4.69) is 0 Å². The standard InChI is InChI=1S/C14H16F3NO2S/c15-14(16,17)21(19,20)12-5-2-1-4-11(12)18-9-3-6-13(10-18)7-8-13/h1-2,4-5H,3,6-10H2. The summed E-state index contributed by atoms with van der Waals surface area (Å²) in [5.41, 5.74) is -4.88. The van der Waals surface area contributed by atoms with E-state index in [1.165, 1.54) is 12.1 Å². The van der Waals surface area contributed by atoms with Gasteiger partial charge >= 0.3 is 5.51 Å². The summed E-state index contributed by atoms with van der Waals surface area (Å²) in [5.74, 6) is 0. The van der Waals surface area contributed by atoms with Gasteiger partial charge in [0.1, 0.15) is 0 Å². The number of piperidine rings is 1. The van der Waals surface area contributed by atoms with E-state index >= 15 is 0 Å². The molecule has 21 heavy (non-hydrogen) atoms. The monoisotopic (exact) mass is 319 g/mol. The molecule has 1 aliphatic heterocycles. The normalized spacial score (nSPS) is 21.6. The van der Waals surface area contributed by atoms with Crippen LogP contribution in [0.5, 0.6) is 0 Å². The van der Waals surface area contributed by atoms with Crippen LogP contribution in [0.1, 0.15) is 25.7 Å². The zero-order valence-electron chi connectivity index (χ0n) is 11.4. The second-order valence-corrected chi connectivity index (χ2v) is 7.85. The molecule has 1 heterocycles. The molecule has 0 aromatic heterocycles. The van der Waals surface area contributed by atoms with Gasteiger partial charge in [0, 0.05) is 13.1 Å². The van der Waals surface area contributed by atoms with Crippen molar-refractivity contribution in [1.82, 2.24) is 0 Å². The Morgan fingerprint density at radius 2 is 1.76 bits per heavy atom. The van der Waals surface area contributed by atoms with Gasteiger partial charge in [-0.1, -0.05) is 12.1 Å². The summed E-state index contributed by atoms with van der Waals surface area (Å²) in [6.07, 6.45) is 4.13. The van der Waals surface area contributed by atoms with E-state index in [1.807, 2.05) is 0 Å². The molecule has 0 atom stereocenters. The van der Waals surface area contributed by atoms with Gasteiger partial charge in [-0.25, -0.2) is 8.42 Å². The van der Waals surface area contributed by atoms with E-state index in [4.69, 9.17) is 0 Å². The Kier molecular flexibility index (Phi) is 3.24. The summed E-state index contributed by atoms with van der Waals surface area (Å²) in [6, 6.07) is 5.43. The quantitative estimate of drug-likeness (QED) is 0.839. The minimum absolute atomic E-state index is 0.181. The summed E-state index contributed by atoms with van der Waals surface area (Å²) in [6.45, 7) is 1.25. The first-order valence-electron chi connectivity index (χ1n) is 6.91. The first-order chi connectivity index (χ1) is 9.75. The predicted molar refractivity (Wildman–Crippen MR) is 72.8 cm³/mol. The van der Waals surface area contributed by atoms with Crippen molar-refractivity contribution < 1.29 is 21.6 Å². The molecule has 0 radical (unpaired) electrons. The number of sulfone groups is 1. The van der Waals surface area contributed by atoms with E-state index in [-0.39, 0.29) is 11.1 Å². The predicted octanol–water partition coefficient (Wildman–Crippen LogP) is 3.36. The molecule has 1 spiro atoms. The van der Waals surface area contributed by atoms with E-state index in [0.717, 1.165) is 31.7 Å². The maximum absolute atomic E-state index is 12.8. The molecule has 1 aliphatic carbocycles. The fourth-order valence-corrected chi connectivity index (χ4v) is 4.05. The van der Waals surface area contributed by atoms with Crippen LogP contribution in [0.4, 0.5) is 18.9 Å². The smallest absolute Gasteiger partial charge is 0.370 e.